The zero-order valence-electron chi connectivity index (χ0n) is 18.5. The molecule has 0 fully saturated rings. The first-order valence-corrected chi connectivity index (χ1v) is 11.3. The number of unbranched alkanes of at least 4 members (excludes halogenated alkanes) is 11. The Labute approximate surface area is 164 Å². The first-order chi connectivity index (χ1) is 12.4. The Balaban J connectivity index is 2.11. The van der Waals surface area contributed by atoms with Gasteiger partial charge in [0.15, 0.2) is 0 Å². The van der Waals surface area contributed by atoms with Crippen LogP contribution >= 0.6 is 0 Å². The Kier molecular flexibility index (Phi) is 11.2. The summed E-state index contributed by atoms with van der Waals surface area (Å²) in [5, 5.41) is 0. The Hall–Kier alpha value is -0.820. The van der Waals surface area contributed by atoms with Crippen molar-refractivity contribution in [2.45, 2.75) is 103 Å². The first-order valence-electron chi connectivity index (χ1n) is 11.3. The zero-order valence-corrected chi connectivity index (χ0v) is 18.5. The van der Waals surface area contributed by atoms with Crippen LogP contribution in [-0.2, 0) is 5.54 Å². The van der Waals surface area contributed by atoms with Crippen LogP contribution in [0, 0.1) is 0 Å². The summed E-state index contributed by atoms with van der Waals surface area (Å²) in [6, 6.07) is 11.0. The average Bonchev–Trinajstić information content (AvgIpc) is 2.63. The summed E-state index contributed by atoms with van der Waals surface area (Å²) in [7, 11) is 4.79. The highest BCUT2D eigenvalue weighted by atomic mass is 15.4. The highest BCUT2D eigenvalue weighted by Gasteiger charge is 2.37. The van der Waals surface area contributed by atoms with Crippen LogP contribution in [0.3, 0.4) is 0 Å². The van der Waals surface area contributed by atoms with E-state index in [4.69, 9.17) is 0 Å². The predicted octanol–water partition coefficient (Wildman–Crippen LogP) is 7.70. The van der Waals surface area contributed by atoms with Crippen molar-refractivity contribution in [1.82, 2.24) is 0 Å². The molecule has 0 aliphatic rings. The van der Waals surface area contributed by atoms with Crippen LogP contribution in [0.25, 0.3) is 0 Å². The van der Waals surface area contributed by atoms with Crippen LogP contribution in [0.15, 0.2) is 30.3 Å². The molecule has 0 radical (unpaired) electrons. The molecule has 0 N–H and O–H groups in total. The number of rotatable bonds is 15. The van der Waals surface area contributed by atoms with Crippen molar-refractivity contribution in [3.8, 4) is 0 Å². The van der Waals surface area contributed by atoms with E-state index < -0.39 is 0 Å². The van der Waals surface area contributed by atoms with Crippen molar-refractivity contribution in [2.75, 3.05) is 20.6 Å². The van der Waals surface area contributed by atoms with Crippen molar-refractivity contribution in [3.05, 3.63) is 35.9 Å². The summed E-state index contributed by atoms with van der Waals surface area (Å²) in [5.74, 6) is 0. The lowest BCUT2D eigenvalue weighted by Gasteiger charge is -2.45. The van der Waals surface area contributed by atoms with Crippen molar-refractivity contribution in [3.63, 3.8) is 0 Å². The summed E-state index contributed by atoms with van der Waals surface area (Å²) in [6.07, 6.45) is 17.1. The van der Waals surface area contributed by atoms with Gasteiger partial charge in [-0.15, -0.1) is 0 Å². The van der Waals surface area contributed by atoms with E-state index in [1.165, 1.54) is 89.2 Å². The van der Waals surface area contributed by atoms with E-state index in [0.717, 1.165) is 4.48 Å². The smallest absolute Gasteiger partial charge is 0.119 e. The van der Waals surface area contributed by atoms with Crippen LogP contribution in [0.1, 0.15) is 103 Å². The van der Waals surface area contributed by atoms with E-state index in [-0.39, 0.29) is 5.54 Å². The van der Waals surface area contributed by atoms with Gasteiger partial charge >= 0.3 is 0 Å². The maximum atomic E-state index is 2.39. The minimum Gasteiger partial charge on any atom is -0.320 e. The Bertz CT molecular complexity index is 446. The normalized spacial score (nSPS) is 12.5. The summed E-state index contributed by atoms with van der Waals surface area (Å²) in [4.78, 5) is 0. The quantitative estimate of drug-likeness (QED) is 0.222. The van der Waals surface area contributed by atoms with Gasteiger partial charge in [0.05, 0.1) is 20.6 Å². The van der Waals surface area contributed by atoms with Gasteiger partial charge < -0.3 is 4.48 Å². The van der Waals surface area contributed by atoms with Gasteiger partial charge in [-0.3, -0.25) is 0 Å². The van der Waals surface area contributed by atoms with Gasteiger partial charge in [0.1, 0.15) is 5.54 Å². The van der Waals surface area contributed by atoms with Crippen LogP contribution in [0.4, 0.5) is 0 Å². The lowest BCUT2D eigenvalue weighted by Crippen LogP contribution is -2.54. The van der Waals surface area contributed by atoms with Gasteiger partial charge in [0, 0.05) is 5.56 Å². The predicted molar refractivity (Wildman–Crippen MR) is 118 cm³/mol. The molecule has 0 amide bonds. The summed E-state index contributed by atoms with van der Waals surface area (Å²) >= 11 is 0. The summed E-state index contributed by atoms with van der Waals surface area (Å²) in [5.41, 5.74) is 1.61. The van der Waals surface area contributed by atoms with E-state index in [2.05, 4.69) is 65.2 Å². The van der Waals surface area contributed by atoms with E-state index in [9.17, 15) is 0 Å². The maximum Gasteiger partial charge on any atom is 0.119 e. The molecule has 1 aromatic rings. The minimum atomic E-state index is 0.166. The number of quaternary nitrogens is 1. The van der Waals surface area contributed by atoms with Gasteiger partial charge in [0.2, 0.25) is 0 Å². The molecule has 0 aliphatic heterocycles. The molecule has 26 heavy (non-hydrogen) atoms. The van der Waals surface area contributed by atoms with Gasteiger partial charge in [-0.2, -0.15) is 0 Å². The Morgan fingerprint density at radius 1 is 0.654 bits per heavy atom. The van der Waals surface area contributed by atoms with Crippen LogP contribution in [-0.4, -0.2) is 25.1 Å². The van der Waals surface area contributed by atoms with Crippen molar-refractivity contribution in [2.24, 2.45) is 0 Å². The second-order valence-corrected chi connectivity index (χ2v) is 9.22. The van der Waals surface area contributed by atoms with E-state index in [1.807, 2.05) is 0 Å². The fourth-order valence-corrected chi connectivity index (χ4v) is 3.82. The van der Waals surface area contributed by atoms with E-state index >= 15 is 0 Å². The molecular weight excluding hydrogens is 314 g/mol. The number of hydrogen-bond donors (Lipinski definition) is 0. The molecule has 150 valence electrons. The molecule has 1 aromatic carbocycles. The Morgan fingerprint density at radius 3 is 1.54 bits per heavy atom. The van der Waals surface area contributed by atoms with E-state index in [0.29, 0.717) is 0 Å². The molecule has 1 heteroatoms. The standard InChI is InChI=1S/C25H46N/c1-6-7-8-9-10-11-12-13-14-15-16-20-23-26(4,5)25(2,3)24-21-18-17-19-22-24/h17-19,21-22H,6-16,20,23H2,1-5H3/q+1. The van der Waals surface area contributed by atoms with Crippen LogP contribution in [0.2, 0.25) is 0 Å². The highest BCUT2D eigenvalue weighted by Crippen LogP contribution is 2.32. The molecule has 0 aromatic heterocycles. The molecule has 0 heterocycles. The highest BCUT2D eigenvalue weighted by molar-refractivity contribution is 5.20. The van der Waals surface area contributed by atoms with Gasteiger partial charge in [-0.1, -0.05) is 101 Å². The second kappa shape index (κ2) is 12.5. The van der Waals surface area contributed by atoms with Crippen LogP contribution < -0.4 is 0 Å². The monoisotopic (exact) mass is 360 g/mol. The molecule has 0 saturated heterocycles. The molecule has 0 spiro atoms. The lowest BCUT2D eigenvalue weighted by molar-refractivity contribution is -0.945. The van der Waals surface area contributed by atoms with E-state index in [1.54, 1.807) is 0 Å². The molecule has 0 aliphatic carbocycles. The van der Waals surface area contributed by atoms with Gasteiger partial charge in [-0.25, -0.2) is 0 Å². The third-order valence-electron chi connectivity index (χ3n) is 6.56. The minimum absolute atomic E-state index is 0.166. The first kappa shape index (κ1) is 23.2. The molecular formula is C25H46N+. The molecule has 1 rings (SSSR count). The molecule has 0 unspecified atom stereocenters. The fraction of sp³-hybridized carbons (Fsp3) is 0.760. The zero-order chi connectivity index (χ0) is 19.3. The number of nitrogens with zero attached hydrogens (tertiary/aromatic N) is 1. The second-order valence-electron chi connectivity index (χ2n) is 9.22. The summed E-state index contributed by atoms with van der Waals surface area (Å²) in [6.45, 7) is 8.34. The average molecular weight is 361 g/mol. The van der Waals surface area contributed by atoms with Crippen LogP contribution in [0.5, 0.6) is 0 Å². The van der Waals surface area contributed by atoms with Gasteiger partial charge in [0.25, 0.3) is 0 Å². The van der Waals surface area contributed by atoms with Crippen molar-refractivity contribution >= 4 is 0 Å². The fourth-order valence-electron chi connectivity index (χ4n) is 3.82. The van der Waals surface area contributed by atoms with Crippen molar-refractivity contribution in [1.29, 1.82) is 0 Å². The lowest BCUT2D eigenvalue weighted by atomic mass is 9.90. The van der Waals surface area contributed by atoms with Gasteiger partial charge in [-0.05, 0) is 26.7 Å². The third-order valence-corrected chi connectivity index (χ3v) is 6.56. The van der Waals surface area contributed by atoms with Crippen molar-refractivity contribution < 1.29 is 4.48 Å². The summed E-state index contributed by atoms with van der Waals surface area (Å²) < 4.78 is 1.06. The largest absolute Gasteiger partial charge is 0.320 e. The molecule has 1 nitrogen and oxygen atoms in total. The Morgan fingerprint density at radius 2 is 1.08 bits per heavy atom. The molecule has 0 bridgehead atoms. The molecule has 0 saturated carbocycles. The number of benzene rings is 1. The topological polar surface area (TPSA) is 0 Å². The third kappa shape index (κ3) is 8.25. The number of hydrogen-bond acceptors (Lipinski definition) is 0. The maximum absolute atomic E-state index is 2.39. The molecule has 0 atom stereocenters. The SMILES string of the molecule is CCCCCCCCCCCCCC[N+](C)(C)C(C)(C)c1ccccc1.